The summed E-state index contributed by atoms with van der Waals surface area (Å²) in [6.45, 7) is 2.35. The molecule has 2 rings (SSSR count). The highest BCUT2D eigenvalue weighted by molar-refractivity contribution is 6.30. The second kappa shape index (κ2) is 6.29. The third-order valence-electron chi connectivity index (χ3n) is 2.90. The summed E-state index contributed by atoms with van der Waals surface area (Å²) in [5, 5.41) is 3.28. The molecule has 0 aromatic heterocycles. The molecule has 0 radical (unpaired) electrons. The smallest absolute Gasteiger partial charge is 0.129 e. The molecule has 0 aliphatic rings. The lowest BCUT2D eigenvalue weighted by Gasteiger charge is -2.20. The highest BCUT2D eigenvalue weighted by Gasteiger charge is 2.18. The molecule has 106 valence electrons. The van der Waals surface area contributed by atoms with Gasteiger partial charge in [0.2, 0.25) is 0 Å². The minimum Gasteiger partial charge on any atom is -0.306 e. The van der Waals surface area contributed by atoms with E-state index in [0.717, 1.165) is 6.07 Å². The van der Waals surface area contributed by atoms with Gasteiger partial charge in [0.1, 0.15) is 17.5 Å². The molecule has 0 aliphatic heterocycles. The minimum atomic E-state index is -0.697. The van der Waals surface area contributed by atoms with Gasteiger partial charge in [0.25, 0.3) is 0 Å². The molecule has 2 aromatic rings. The molecule has 1 nitrogen and oxygen atoms in total. The molecule has 20 heavy (non-hydrogen) atoms. The summed E-state index contributed by atoms with van der Waals surface area (Å²) in [4.78, 5) is 0. The summed E-state index contributed by atoms with van der Waals surface area (Å²) < 4.78 is 40.7. The average Bonchev–Trinajstić information content (AvgIpc) is 2.35. The second-order valence-corrected chi connectivity index (χ2v) is 4.80. The van der Waals surface area contributed by atoms with Crippen molar-refractivity contribution in [3.63, 3.8) is 0 Å². The lowest BCUT2D eigenvalue weighted by atomic mass is 9.98. The van der Waals surface area contributed by atoms with Gasteiger partial charge in [0.15, 0.2) is 0 Å². The van der Waals surface area contributed by atoms with Crippen LogP contribution in [0.15, 0.2) is 36.4 Å². The molecular formula is C15H13ClF3N. The zero-order valence-corrected chi connectivity index (χ0v) is 11.5. The van der Waals surface area contributed by atoms with Gasteiger partial charge in [0, 0.05) is 16.7 Å². The second-order valence-electron chi connectivity index (χ2n) is 4.36. The Bertz CT molecular complexity index is 596. The van der Waals surface area contributed by atoms with Crippen molar-refractivity contribution in [2.45, 2.75) is 13.0 Å². The monoisotopic (exact) mass is 299 g/mol. The highest BCUT2D eigenvalue weighted by atomic mass is 35.5. The lowest BCUT2D eigenvalue weighted by molar-refractivity contribution is 0.543. The topological polar surface area (TPSA) is 12.0 Å². The predicted molar refractivity (Wildman–Crippen MR) is 73.3 cm³/mol. The third kappa shape index (κ3) is 3.32. The van der Waals surface area contributed by atoms with Crippen LogP contribution in [0, 0.1) is 17.5 Å². The van der Waals surface area contributed by atoms with Crippen LogP contribution in [0.5, 0.6) is 0 Å². The zero-order valence-electron chi connectivity index (χ0n) is 10.8. The first-order chi connectivity index (χ1) is 9.51. The standard InChI is InChI=1S/C15H13ClF3N/c1-2-20-15(9-5-11(17)8-12(18)6-9)13-4-3-10(16)7-14(13)19/h3-8,15,20H,2H2,1H3. The van der Waals surface area contributed by atoms with E-state index in [1.165, 1.54) is 24.3 Å². The summed E-state index contributed by atoms with van der Waals surface area (Å²) in [6.07, 6.45) is 0. The van der Waals surface area contributed by atoms with E-state index in [9.17, 15) is 13.2 Å². The maximum Gasteiger partial charge on any atom is 0.129 e. The summed E-state index contributed by atoms with van der Waals surface area (Å²) in [5.74, 6) is -1.91. The first-order valence-corrected chi connectivity index (χ1v) is 6.53. The molecule has 0 aliphatic carbocycles. The van der Waals surface area contributed by atoms with E-state index in [2.05, 4.69) is 5.32 Å². The van der Waals surface area contributed by atoms with Crippen LogP contribution in [-0.4, -0.2) is 6.54 Å². The van der Waals surface area contributed by atoms with Crippen LogP contribution in [0.25, 0.3) is 0 Å². The molecule has 5 heteroatoms. The lowest BCUT2D eigenvalue weighted by Crippen LogP contribution is -2.23. The van der Waals surface area contributed by atoms with Gasteiger partial charge in [0.05, 0.1) is 6.04 Å². The Balaban J connectivity index is 2.49. The van der Waals surface area contributed by atoms with Crippen LogP contribution in [0.4, 0.5) is 13.2 Å². The summed E-state index contributed by atoms with van der Waals surface area (Å²) in [7, 11) is 0. The van der Waals surface area contributed by atoms with E-state index in [1.54, 1.807) is 6.07 Å². The minimum absolute atomic E-state index is 0.270. The van der Waals surface area contributed by atoms with E-state index in [1.807, 2.05) is 6.92 Å². The number of hydrogen-bond donors (Lipinski definition) is 1. The van der Waals surface area contributed by atoms with Gasteiger partial charge in [-0.2, -0.15) is 0 Å². The molecule has 0 amide bonds. The van der Waals surface area contributed by atoms with Crippen molar-refractivity contribution in [3.8, 4) is 0 Å². The van der Waals surface area contributed by atoms with Crippen molar-refractivity contribution in [3.05, 3.63) is 70.0 Å². The van der Waals surface area contributed by atoms with Crippen molar-refractivity contribution < 1.29 is 13.2 Å². The van der Waals surface area contributed by atoms with Crippen LogP contribution in [0.1, 0.15) is 24.1 Å². The maximum atomic E-state index is 14.0. The molecule has 0 heterocycles. The molecule has 1 unspecified atom stereocenters. The summed E-state index contributed by atoms with van der Waals surface area (Å²) in [5.41, 5.74) is 0.617. The van der Waals surface area contributed by atoms with Crippen molar-refractivity contribution in [1.82, 2.24) is 5.32 Å². The number of nitrogens with one attached hydrogen (secondary N) is 1. The van der Waals surface area contributed by atoms with E-state index in [4.69, 9.17) is 11.6 Å². The number of rotatable bonds is 4. The van der Waals surface area contributed by atoms with Crippen LogP contribution < -0.4 is 5.32 Å². The Morgan fingerprint density at radius 3 is 2.25 bits per heavy atom. The molecule has 0 saturated heterocycles. The number of hydrogen-bond acceptors (Lipinski definition) is 1. The Hall–Kier alpha value is -1.52. The normalized spacial score (nSPS) is 12.4. The van der Waals surface area contributed by atoms with Gasteiger partial charge in [-0.3, -0.25) is 0 Å². The first-order valence-electron chi connectivity index (χ1n) is 6.15. The maximum absolute atomic E-state index is 14.0. The van der Waals surface area contributed by atoms with Crippen LogP contribution in [0.2, 0.25) is 5.02 Å². The summed E-state index contributed by atoms with van der Waals surface area (Å²) in [6, 6.07) is 6.74. The highest BCUT2D eigenvalue weighted by Crippen LogP contribution is 2.27. The van der Waals surface area contributed by atoms with E-state index >= 15 is 0 Å². The quantitative estimate of drug-likeness (QED) is 0.879. The molecular weight excluding hydrogens is 287 g/mol. The van der Waals surface area contributed by atoms with E-state index in [0.29, 0.717) is 17.7 Å². The van der Waals surface area contributed by atoms with E-state index < -0.39 is 23.5 Å². The summed E-state index contributed by atoms with van der Waals surface area (Å²) >= 11 is 5.71. The average molecular weight is 300 g/mol. The fourth-order valence-electron chi connectivity index (χ4n) is 2.09. The van der Waals surface area contributed by atoms with Gasteiger partial charge in [-0.25, -0.2) is 13.2 Å². The fourth-order valence-corrected chi connectivity index (χ4v) is 2.25. The predicted octanol–water partition coefficient (Wildman–Crippen LogP) is 4.46. The Labute approximate surface area is 120 Å². The van der Waals surface area contributed by atoms with Gasteiger partial charge in [-0.05, 0) is 36.4 Å². The van der Waals surface area contributed by atoms with Crippen molar-refractivity contribution in [2.75, 3.05) is 6.54 Å². The Kier molecular flexibility index (Phi) is 4.68. The van der Waals surface area contributed by atoms with Crippen LogP contribution in [0.3, 0.4) is 0 Å². The van der Waals surface area contributed by atoms with E-state index in [-0.39, 0.29) is 5.02 Å². The first kappa shape index (κ1) is 14.9. The Morgan fingerprint density at radius 1 is 1.05 bits per heavy atom. The third-order valence-corrected chi connectivity index (χ3v) is 3.14. The molecule has 1 atom stereocenters. The number of halogens is 4. The molecule has 0 fully saturated rings. The molecule has 2 aromatic carbocycles. The molecule has 0 saturated carbocycles. The van der Waals surface area contributed by atoms with Gasteiger partial charge < -0.3 is 5.32 Å². The van der Waals surface area contributed by atoms with Gasteiger partial charge in [-0.15, -0.1) is 0 Å². The van der Waals surface area contributed by atoms with Crippen molar-refractivity contribution >= 4 is 11.6 Å². The molecule has 0 bridgehead atoms. The fraction of sp³-hybridized carbons (Fsp3) is 0.200. The van der Waals surface area contributed by atoms with Crippen molar-refractivity contribution in [1.29, 1.82) is 0 Å². The molecule has 0 spiro atoms. The van der Waals surface area contributed by atoms with Crippen LogP contribution >= 0.6 is 11.6 Å². The zero-order chi connectivity index (χ0) is 14.7. The van der Waals surface area contributed by atoms with Gasteiger partial charge >= 0.3 is 0 Å². The largest absolute Gasteiger partial charge is 0.306 e. The molecule has 1 N–H and O–H groups in total. The van der Waals surface area contributed by atoms with Gasteiger partial charge in [-0.1, -0.05) is 24.6 Å². The van der Waals surface area contributed by atoms with Crippen molar-refractivity contribution in [2.24, 2.45) is 0 Å². The van der Waals surface area contributed by atoms with Crippen LogP contribution in [-0.2, 0) is 0 Å². The number of benzene rings is 2. The Morgan fingerprint density at radius 2 is 1.70 bits per heavy atom. The SMILES string of the molecule is CCNC(c1cc(F)cc(F)c1)c1ccc(Cl)cc1F.